The van der Waals surface area contributed by atoms with E-state index in [1.54, 1.807) is 30.1 Å². The van der Waals surface area contributed by atoms with Crippen LogP contribution in [0.1, 0.15) is 42.1 Å². The lowest BCUT2D eigenvalue weighted by Gasteiger charge is -2.23. The summed E-state index contributed by atoms with van der Waals surface area (Å²) in [6.45, 7) is 2.09. The molecular weight excluding hydrogens is 488 g/mol. The maximum Gasteiger partial charge on any atom is 0.242 e. The molecule has 4 aromatic rings. The molecule has 1 fully saturated rings. The highest BCUT2D eigenvalue weighted by Crippen LogP contribution is 2.49. The van der Waals surface area contributed by atoms with Crippen molar-refractivity contribution in [2.24, 2.45) is 0 Å². The monoisotopic (exact) mass is 518 g/mol. The fourth-order valence-corrected chi connectivity index (χ4v) is 4.99. The number of rotatable bonds is 9. The van der Waals surface area contributed by atoms with Crippen molar-refractivity contribution in [1.82, 2.24) is 25.6 Å². The highest BCUT2D eigenvalue weighted by molar-refractivity contribution is 5.95. The largest absolute Gasteiger partial charge is 0.357 e. The van der Waals surface area contributed by atoms with Crippen LogP contribution < -0.4 is 10.6 Å². The number of aromatic nitrogens is 3. The minimum absolute atomic E-state index is 0.122. The summed E-state index contributed by atoms with van der Waals surface area (Å²) in [7, 11) is 1.56. The number of hydrogen-bond acceptors (Lipinski definition) is 5. The molecule has 2 amide bonds. The van der Waals surface area contributed by atoms with Crippen LogP contribution in [0.4, 0.5) is 0 Å². The fraction of sp³-hybridized carbons (Fsp3) is 0.258. The molecule has 1 heterocycles. The van der Waals surface area contributed by atoms with Crippen molar-refractivity contribution in [2.75, 3.05) is 7.05 Å². The second-order valence-corrected chi connectivity index (χ2v) is 9.83. The van der Waals surface area contributed by atoms with E-state index in [4.69, 9.17) is 5.26 Å². The van der Waals surface area contributed by atoms with Gasteiger partial charge in [-0.25, -0.2) is 4.68 Å². The molecule has 3 aromatic carbocycles. The number of nitriles is 1. The van der Waals surface area contributed by atoms with E-state index >= 15 is 0 Å². The summed E-state index contributed by atoms with van der Waals surface area (Å²) >= 11 is 0. The summed E-state index contributed by atoms with van der Waals surface area (Å²) in [4.78, 5) is 26.2. The number of carbonyl (C=O) groups is 2. The SMILES string of the molecule is CCc1ccccc1C1(C(=O)NC(Cc2cn(-c3ccc(-c4ccc(C#N)cc4)cc3)nn2)C(=O)NC)CC1. The normalized spacial score (nSPS) is 14.2. The Morgan fingerprint density at radius 2 is 1.69 bits per heavy atom. The quantitative estimate of drug-likeness (QED) is 0.349. The Morgan fingerprint density at radius 1 is 1.03 bits per heavy atom. The van der Waals surface area contributed by atoms with Gasteiger partial charge in [0, 0.05) is 13.5 Å². The van der Waals surface area contributed by atoms with Crippen LogP contribution in [-0.4, -0.2) is 39.9 Å². The highest BCUT2D eigenvalue weighted by atomic mass is 16.2. The number of aryl methyl sites for hydroxylation is 1. The van der Waals surface area contributed by atoms with Gasteiger partial charge in [0.1, 0.15) is 6.04 Å². The summed E-state index contributed by atoms with van der Waals surface area (Å²) in [6.07, 6.45) is 4.38. The van der Waals surface area contributed by atoms with Crippen molar-refractivity contribution in [3.8, 4) is 22.9 Å². The second kappa shape index (κ2) is 10.9. The smallest absolute Gasteiger partial charge is 0.242 e. The third-order valence-electron chi connectivity index (χ3n) is 7.40. The highest BCUT2D eigenvalue weighted by Gasteiger charge is 2.52. The first-order valence-corrected chi connectivity index (χ1v) is 13.1. The van der Waals surface area contributed by atoms with Gasteiger partial charge in [0.25, 0.3) is 0 Å². The van der Waals surface area contributed by atoms with Crippen LogP contribution in [0, 0.1) is 11.3 Å². The molecule has 1 atom stereocenters. The third-order valence-corrected chi connectivity index (χ3v) is 7.40. The van der Waals surface area contributed by atoms with Gasteiger partial charge < -0.3 is 10.6 Å². The summed E-state index contributed by atoms with van der Waals surface area (Å²) in [5.41, 5.74) is 5.70. The van der Waals surface area contributed by atoms with Gasteiger partial charge in [0.05, 0.1) is 34.6 Å². The van der Waals surface area contributed by atoms with E-state index in [1.165, 1.54) is 0 Å². The number of benzene rings is 3. The molecule has 1 aromatic heterocycles. The molecule has 0 saturated heterocycles. The van der Waals surface area contributed by atoms with Gasteiger partial charge in [-0.1, -0.05) is 60.7 Å². The Balaban J connectivity index is 1.30. The zero-order valence-electron chi connectivity index (χ0n) is 22.0. The lowest BCUT2D eigenvalue weighted by molar-refractivity contribution is -0.130. The zero-order valence-corrected chi connectivity index (χ0v) is 22.0. The maximum absolute atomic E-state index is 13.5. The second-order valence-electron chi connectivity index (χ2n) is 9.83. The molecule has 2 N–H and O–H groups in total. The standard InChI is InChI=1S/C31H30N6O2/c1-3-22-6-4-5-7-27(22)31(16-17-31)30(39)34-28(29(38)33-2)18-25-20-37(36-35-25)26-14-12-24(13-15-26)23-10-8-21(19-32)9-11-23/h4-15,20,28H,3,16-18H2,1-2H3,(H,33,38)(H,34,39). The molecule has 8 nitrogen and oxygen atoms in total. The summed E-state index contributed by atoms with van der Waals surface area (Å²) in [5.74, 6) is -0.396. The van der Waals surface area contributed by atoms with Crippen molar-refractivity contribution < 1.29 is 9.59 Å². The van der Waals surface area contributed by atoms with Gasteiger partial charge in [-0.15, -0.1) is 5.10 Å². The Kier molecular flexibility index (Phi) is 7.24. The average Bonchev–Trinajstić information content (AvgIpc) is 3.68. The molecule has 196 valence electrons. The van der Waals surface area contributed by atoms with Crippen LogP contribution in [0.5, 0.6) is 0 Å². The molecule has 1 unspecified atom stereocenters. The van der Waals surface area contributed by atoms with Crippen LogP contribution in [0.25, 0.3) is 16.8 Å². The van der Waals surface area contributed by atoms with Crippen molar-refractivity contribution in [3.63, 3.8) is 0 Å². The van der Waals surface area contributed by atoms with Crippen LogP contribution >= 0.6 is 0 Å². The topological polar surface area (TPSA) is 113 Å². The number of nitrogens with zero attached hydrogens (tertiary/aromatic N) is 4. The van der Waals surface area contributed by atoms with Gasteiger partial charge >= 0.3 is 0 Å². The van der Waals surface area contributed by atoms with E-state index in [2.05, 4.69) is 40.0 Å². The molecular formula is C31H30N6O2. The molecule has 0 spiro atoms. The van der Waals surface area contributed by atoms with Gasteiger partial charge in [-0.2, -0.15) is 5.26 Å². The van der Waals surface area contributed by atoms with Crippen LogP contribution in [0.15, 0.2) is 79.0 Å². The van der Waals surface area contributed by atoms with Crippen LogP contribution in [0.3, 0.4) is 0 Å². The van der Waals surface area contributed by atoms with Gasteiger partial charge in [0.15, 0.2) is 0 Å². The Bertz CT molecular complexity index is 1530. The first-order chi connectivity index (χ1) is 19.0. The first-order valence-electron chi connectivity index (χ1n) is 13.1. The van der Waals surface area contributed by atoms with Crippen molar-refractivity contribution in [3.05, 3.63) is 101 Å². The van der Waals surface area contributed by atoms with Crippen molar-refractivity contribution in [1.29, 1.82) is 5.26 Å². The van der Waals surface area contributed by atoms with E-state index in [9.17, 15) is 9.59 Å². The minimum Gasteiger partial charge on any atom is -0.357 e. The number of likely N-dealkylation sites (N-methyl/N-ethyl adjacent to an activating group) is 1. The Hall–Kier alpha value is -4.77. The van der Waals surface area contributed by atoms with Gasteiger partial charge in [-0.3, -0.25) is 9.59 Å². The number of amides is 2. The summed E-state index contributed by atoms with van der Waals surface area (Å²) in [6, 6.07) is 24.7. The number of nitrogens with one attached hydrogen (secondary N) is 2. The van der Waals surface area contributed by atoms with Crippen molar-refractivity contribution >= 4 is 11.8 Å². The lowest BCUT2D eigenvalue weighted by atomic mass is 9.89. The first kappa shape index (κ1) is 25.9. The third kappa shape index (κ3) is 5.30. The molecule has 1 saturated carbocycles. The molecule has 8 heteroatoms. The average molecular weight is 519 g/mol. The van der Waals surface area contributed by atoms with E-state index < -0.39 is 11.5 Å². The molecule has 39 heavy (non-hydrogen) atoms. The summed E-state index contributed by atoms with van der Waals surface area (Å²) < 4.78 is 1.65. The Morgan fingerprint density at radius 3 is 2.31 bits per heavy atom. The number of hydrogen-bond donors (Lipinski definition) is 2. The van der Waals surface area contributed by atoms with E-state index in [-0.39, 0.29) is 18.2 Å². The predicted octanol–water partition coefficient (Wildman–Crippen LogP) is 3.87. The van der Waals surface area contributed by atoms with E-state index in [1.807, 2.05) is 54.6 Å². The molecule has 1 aliphatic carbocycles. The molecule has 0 bridgehead atoms. The van der Waals surface area contributed by atoms with E-state index in [0.717, 1.165) is 47.2 Å². The minimum atomic E-state index is -0.766. The predicted molar refractivity (Wildman–Crippen MR) is 148 cm³/mol. The molecule has 0 radical (unpaired) electrons. The van der Waals surface area contributed by atoms with E-state index in [0.29, 0.717) is 11.3 Å². The molecule has 0 aliphatic heterocycles. The zero-order chi connectivity index (χ0) is 27.4. The van der Waals surface area contributed by atoms with Crippen molar-refractivity contribution in [2.45, 2.75) is 44.1 Å². The van der Waals surface area contributed by atoms with Gasteiger partial charge in [0.2, 0.25) is 11.8 Å². The van der Waals surface area contributed by atoms with Crippen LogP contribution in [-0.2, 0) is 27.8 Å². The van der Waals surface area contributed by atoms with Gasteiger partial charge in [-0.05, 0) is 65.8 Å². The van der Waals surface area contributed by atoms with Crippen LogP contribution in [0.2, 0.25) is 0 Å². The lowest BCUT2D eigenvalue weighted by Crippen LogP contribution is -2.50. The molecule has 5 rings (SSSR count). The Labute approximate surface area is 227 Å². The maximum atomic E-state index is 13.5. The number of carbonyl (C=O) groups excluding carboxylic acids is 2. The summed E-state index contributed by atoms with van der Waals surface area (Å²) in [5, 5.41) is 23.2. The fourth-order valence-electron chi connectivity index (χ4n) is 4.99. The molecule has 1 aliphatic rings.